The Morgan fingerprint density at radius 3 is 2.38 bits per heavy atom. The molecule has 4 rings (SSSR count). The molecule has 0 saturated heterocycles. The Labute approximate surface area is 195 Å². The molecule has 0 heterocycles. The summed E-state index contributed by atoms with van der Waals surface area (Å²) < 4.78 is 0. The number of aliphatic hydroxyl groups excluding tert-OH is 3. The van der Waals surface area contributed by atoms with Gasteiger partial charge in [-0.25, -0.2) is 0 Å². The molecule has 4 saturated carbocycles. The lowest BCUT2D eigenvalue weighted by Gasteiger charge is -2.64. The minimum absolute atomic E-state index is 0.0969. The number of fused-ring (bicyclic) bond motifs is 5. The van der Waals surface area contributed by atoms with E-state index in [4.69, 9.17) is 5.11 Å². The molecule has 3 unspecified atom stereocenters. The van der Waals surface area contributed by atoms with Crippen molar-refractivity contribution in [3.8, 4) is 0 Å². The third-order valence-electron chi connectivity index (χ3n) is 11.3. The molecule has 0 aliphatic heterocycles. The molecule has 0 spiro atoms. The van der Waals surface area contributed by atoms with Crippen LogP contribution < -0.4 is 0 Å². The second kappa shape index (κ2) is 9.30. The fourth-order valence-electron chi connectivity index (χ4n) is 9.81. The van der Waals surface area contributed by atoms with E-state index in [1.807, 2.05) is 0 Å². The summed E-state index contributed by atoms with van der Waals surface area (Å²) in [5.74, 6) is 3.46. The third-order valence-corrected chi connectivity index (χ3v) is 11.3. The van der Waals surface area contributed by atoms with Gasteiger partial charge in [0.15, 0.2) is 0 Å². The van der Waals surface area contributed by atoms with Gasteiger partial charge in [-0.1, -0.05) is 34.1 Å². The second-order valence-electron chi connectivity index (χ2n) is 12.7. The van der Waals surface area contributed by atoms with Gasteiger partial charge in [-0.15, -0.1) is 0 Å². The van der Waals surface area contributed by atoms with Crippen LogP contribution in [0.3, 0.4) is 0 Å². The van der Waals surface area contributed by atoms with Crippen molar-refractivity contribution in [2.45, 2.75) is 111 Å². The van der Waals surface area contributed by atoms with E-state index in [0.29, 0.717) is 66.5 Å². The predicted octanol–water partition coefficient (Wildman–Crippen LogP) is 4.98. The smallest absolute Gasteiger partial charge is 0.133 e. The molecule has 0 aromatic carbocycles. The van der Waals surface area contributed by atoms with Crippen molar-refractivity contribution >= 4 is 5.78 Å². The van der Waals surface area contributed by atoms with Crippen LogP contribution in [0.15, 0.2) is 0 Å². The SMILES string of the molecule is CC[C@H]1[C@@H](O)C2C3CC[C@H]([C@H](C)CC(=O)CCCO)[C@@]3(C)CCC2[C@@]2(C)CC[C@@H](O)C[C@@H]12. The topological polar surface area (TPSA) is 77.8 Å². The fourth-order valence-corrected chi connectivity index (χ4v) is 9.81. The zero-order valence-corrected chi connectivity index (χ0v) is 20.9. The number of rotatable bonds is 7. The molecule has 32 heavy (non-hydrogen) atoms. The van der Waals surface area contributed by atoms with Crippen LogP contribution in [-0.4, -0.2) is 39.9 Å². The normalized spacial score (nSPS) is 49.1. The van der Waals surface area contributed by atoms with Crippen LogP contribution in [-0.2, 0) is 4.79 Å². The summed E-state index contributed by atoms with van der Waals surface area (Å²) in [5, 5.41) is 31.3. The van der Waals surface area contributed by atoms with Crippen molar-refractivity contribution in [1.82, 2.24) is 0 Å². The van der Waals surface area contributed by atoms with Gasteiger partial charge in [0.05, 0.1) is 12.2 Å². The summed E-state index contributed by atoms with van der Waals surface area (Å²) in [4.78, 5) is 12.4. The average Bonchev–Trinajstić information content (AvgIpc) is 3.11. The molecule has 4 nitrogen and oxygen atoms in total. The Balaban J connectivity index is 1.56. The fraction of sp³-hybridized carbons (Fsp3) is 0.964. The van der Waals surface area contributed by atoms with Gasteiger partial charge in [0.2, 0.25) is 0 Å². The van der Waals surface area contributed by atoms with Crippen LogP contribution in [0.4, 0.5) is 0 Å². The Morgan fingerprint density at radius 1 is 1.00 bits per heavy atom. The van der Waals surface area contributed by atoms with E-state index in [9.17, 15) is 15.0 Å². The van der Waals surface area contributed by atoms with Crippen LogP contribution in [0.2, 0.25) is 0 Å². The number of carbonyl (C=O) groups is 1. The molecular weight excluding hydrogens is 400 g/mol. The molecular formula is C28H48O4. The summed E-state index contributed by atoms with van der Waals surface area (Å²) >= 11 is 0. The minimum atomic E-state index is -0.252. The molecule has 4 aliphatic carbocycles. The van der Waals surface area contributed by atoms with Crippen molar-refractivity contribution in [3.63, 3.8) is 0 Å². The number of carbonyl (C=O) groups excluding carboxylic acids is 1. The largest absolute Gasteiger partial charge is 0.396 e. The molecule has 11 atom stereocenters. The first-order valence-electron chi connectivity index (χ1n) is 13.7. The first-order valence-corrected chi connectivity index (χ1v) is 13.7. The van der Waals surface area contributed by atoms with E-state index >= 15 is 0 Å². The summed E-state index contributed by atoms with van der Waals surface area (Å²) in [6.45, 7) is 9.57. The van der Waals surface area contributed by atoms with Crippen molar-refractivity contribution in [2.75, 3.05) is 6.61 Å². The summed E-state index contributed by atoms with van der Waals surface area (Å²) in [6, 6.07) is 0. The predicted molar refractivity (Wildman–Crippen MR) is 127 cm³/mol. The Hall–Kier alpha value is -0.450. The molecule has 0 radical (unpaired) electrons. The van der Waals surface area contributed by atoms with Crippen LogP contribution in [0.25, 0.3) is 0 Å². The Morgan fingerprint density at radius 2 is 1.69 bits per heavy atom. The van der Waals surface area contributed by atoms with E-state index in [2.05, 4.69) is 27.7 Å². The Kier molecular flexibility index (Phi) is 7.17. The lowest BCUT2D eigenvalue weighted by molar-refractivity contribution is -0.203. The van der Waals surface area contributed by atoms with Crippen LogP contribution in [0.5, 0.6) is 0 Å². The number of aliphatic hydroxyl groups is 3. The highest BCUT2D eigenvalue weighted by molar-refractivity contribution is 5.78. The Bertz CT molecular complexity index is 678. The maximum Gasteiger partial charge on any atom is 0.133 e. The van der Waals surface area contributed by atoms with Gasteiger partial charge in [0.1, 0.15) is 5.78 Å². The van der Waals surface area contributed by atoms with Gasteiger partial charge in [-0.05, 0) is 104 Å². The molecule has 3 N–H and O–H groups in total. The molecule has 4 aliphatic rings. The van der Waals surface area contributed by atoms with Gasteiger partial charge in [0.25, 0.3) is 0 Å². The van der Waals surface area contributed by atoms with Gasteiger partial charge < -0.3 is 15.3 Å². The first kappa shape index (κ1) is 24.7. The summed E-state index contributed by atoms with van der Waals surface area (Å²) in [7, 11) is 0. The average molecular weight is 449 g/mol. The lowest BCUT2D eigenvalue weighted by Crippen LogP contribution is -2.62. The summed E-state index contributed by atoms with van der Waals surface area (Å²) in [6.07, 6.45) is 9.94. The molecule has 4 heteroatoms. The van der Waals surface area contributed by atoms with Crippen molar-refractivity contribution in [1.29, 1.82) is 0 Å². The molecule has 4 fully saturated rings. The van der Waals surface area contributed by atoms with Crippen molar-refractivity contribution in [3.05, 3.63) is 0 Å². The van der Waals surface area contributed by atoms with E-state index in [1.54, 1.807) is 0 Å². The third kappa shape index (κ3) is 3.90. The van der Waals surface area contributed by atoms with Crippen LogP contribution in [0.1, 0.15) is 98.3 Å². The lowest BCUT2D eigenvalue weighted by atomic mass is 9.41. The van der Waals surface area contributed by atoms with Gasteiger partial charge in [-0.2, -0.15) is 0 Å². The highest BCUT2D eigenvalue weighted by Gasteiger charge is 2.64. The van der Waals surface area contributed by atoms with Crippen LogP contribution >= 0.6 is 0 Å². The van der Waals surface area contributed by atoms with Crippen molar-refractivity contribution in [2.24, 2.45) is 52.3 Å². The van der Waals surface area contributed by atoms with Crippen molar-refractivity contribution < 1.29 is 20.1 Å². The minimum Gasteiger partial charge on any atom is -0.396 e. The maximum atomic E-state index is 12.4. The number of hydrogen-bond donors (Lipinski definition) is 3. The zero-order chi connectivity index (χ0) is 23.3. The van der Waals surface area contributed by atoms with E-state index in [0.717, 1.165) is 25.7 Å². The monoisotopic (exact) mass is 448 g/mol. The number of hydrogen-bond acceptors (Lipinski definition) is 4. The molecule has 0 aromatic heterocycles. The van der Waals surface area contributed by atoms with E-state index < -0.39 is 0 Å². The number of ketones is 1. The summed E-state index contributed by atoms with van der Waals surface area (Å²) in [5.41, 5.74) is 0.462. The van der Waals surface area contributed by atoms with Gasteiger partial charge >= 0.3 is 0 Å². The highest BCUT2D eigenvalue weighted by Crippen LogP contribution is 2.69. The first-order chi connectivity index (χ1) is 15.2. The molecule has 0 aromatic rings. The number of Topliss-reactive ketones (excluding diaryl/α,β-unsaturated/α-hetero) is 1. The van der Waals surface area contributed by atoms with Gasteiger partial charge in [-0.3, -0.25) is 4.79 Å². The van der Waals surface area contributed by atoms with E-state index in [-0.39, 0.29) is 29.6 Å². The van der Waals surface area contributed by atoms with Crippen LogP contribution in [0, 0.1) is 52.3 Å². The van der Waals surface area contributed by atoms with E-state index in [1.165, 1.54) is 25.7 Å². The highest BCUT2D eigenvalue weighted by atomic mass is 16.3. The quantitative estimate of drug-likeness (QED) is 0.513. The molecule has 184 valence electrons. The van der Waals surface area contributed by atoms with Gasteiger partial charge in [0, 0.05) is 19.4 Å². The maximum absolute atomic E-state index is 12.4. The zero-order valence-electron chi connectivity index (χ0n) is 20.9. The standard InChI is InChI=1S/C28H48O4/c1-5-20-24-16-19(31)10-12-28(24,4)23-11-13-27(3)21(8-9-22(27)25(23)26(20)32)17(2)15-18(30)7-6-14-29/h17,19-26,29,31-32H,5-16H2,1-4H3/t17-,19-,20-,21-,22?,23?,24+,25?,26-,27-,28-/m1/s1. The second-order valence-corrected chi connectivity index (χ2v) is 12.7. The molecule has 0 amide bonds. The molecule has 0 bridgehead atoms.